The Morgan fingerprint density at radius 3 is 2.44 bits per heavy atom. The topological polar surface area (TPSA) is 32.3 Å². The van der Waals surface area contributed by atoms with Crippen molar-refractivity contribution in [2.75, 3.05) is 6.54 Å². The highest BCUT2D eigenvalue weighted by atomic mass is 35.5. The van der Waals surface area contributed by atoms with E-state index in [1.165, 1.54) is 6.42 Å². The van der Waals surface area contributed by atoms with Crippen LogP contribution in [0.4, 0.5) is 0 Å². The molecule has 0 amide bonds. The molecule has 0 spiro atoms. The van der Waals surface area contributed by atoms with E-state index in [0.717, 1.165) is 37.9 Å². The molecule has 0 aliphatic heterocycles. The van der Waals surface area contributed by atoms with Gasteiger partial charge in [-0.1, -0.05) is 36.0 Å². The van der Waals surface area contributed by atoms with Crippen LogP contribution < -0.4 is 5.32 Å². The summed E-state index contributed by atoms with van der Waals surface area (Å²) in [5, 5.41) is 14.6. The SMILES string of the molecule is OC1CCCCC1CNCc1cc(Cl)cc(Cl)c1. The lowest BCUT2D eigenvalue weighted by molar-refractivity contribution is 0.0695. The monoisotopic (exact) mass is 287 g/mol. The highest BCUT2D eigenvalue weighted by Gasteiger charge is 2.22. The second kappa shape index (κ2) is 6.76. The molecular formula is C14H19Cl2NO. The Morgan fingerprint density at radius 1 is 1.11 bits per heavy atom. The number of hydrogen-bond donors (Lipinski definition) is 2. The maximum absolute atomic E-state index is 9.87. The van der Waals surface area contributed by atoms with E-state index in [1.807, 2.05) is 12.1 Å². The molecule has 1 aliphatic rings. The van der Waals surface area contributed by atoms with Gasteiger partial charge in [-0.15, -0.1) is 0 Å². The van der Waals surface area contributed by atoms with Crippen molar-refractivity contribution in [2.24, 2.45) is 5.92 Å². The molecular weight excluding hydrogens is 269 g/mol. The summed E-state index contributed by atoms with van der Waals surface area (Å²) in [7, 11) is 0. The van der Waals surface area contributed by atoms with Crippen molar-refractivity contribution in [3.8, 4) is 0 Å². The minimum absolute atomic E-state index is 0.144. The van der Waals surface area contributed by atoms with E-state index in [1.54, 1.807) is 6.07 Å². The zero-order chi connectivity index (χ0) is 13.0. The molecule has 0 aromatic heterocycles. The van der Waals surface area contributed by atoms with Gasteiger partial charge in [-0.2, -0.15) is 0 Å². The summed E-state index contributed by atoms with van der Waals surface area (Å²) in [6.45, 7) is 1.59. The number of hydrogen-bond acceptors (Lipinski definition) is 2. The first-order valence-electron chi connectivity index (χ1n) is 6.49. The van der Waals surface area contributed by atoms with Crippen molar-refractivity contribution in [1.82, 2.24) is 5.32 Å². The summed E-state index contributed by atoms with van der Waals surface area (Å²) in [6.07, 6.45) is 4.29. The molecule has 2 unspecified atom stereocenters. The first-order chi connectivity index (χ1) is 8.65. The minimum Gasteiger partial charge on any atom is -0.393 e. The molecule has 2 nitrogen and oxygen atoms in total. The molecule has 0 heterocycles. The van der Waals surface area contributed by atoms with Crippen molar-refractivity contribution in [3.05, 3.63) is 33.8 Å². The van der Waals surface area contributed by atoms with E-state index >= 15 is 0 Å². The molecule has 18 heavy (non-hydrogen) atoms. The number of aliphatic hydroxyl groups excluding tert-OH is 1. The van der Waals surface area contributed by atoms with Gasteiger partial charge in [-0.25, -0.2) is 0 Å². The average molecular weight is 288 g/mol. The number of benzene rings is 1. The van der Waals surface area contributed by atoms with E-state index in [4.69, 9.17) is 23.2 Å². The normalized spacial score (nSPS) is 24.2. The zero-order valence-electron chi connectivity index (χ0n) is 10.3. The molecule has 1 saturated carbocycles. The molecule has 2 N–H and O–H groups in total. The molecule has 2 rings (SSSR count). The van der Waals surface area contributed by atoms with Crippen LogP contribution in [0.1, 0.15) is 31.2 Å². The van der Waals surface area contributed by atoms with E-state index < -0.39 is 0 Å². The first-order valence-corrected chi connectivity index (χ1v) is 7.24. The fourth-order valence-electron chi connectivity index (χ4n) is 2.54. The second-order valence-corrected chi connectivity index (χ2v) is 5.89. The van der Waals surface area contributed by atoms with E-state index in [0.29, 0.717) is 16.0 Å². The van der Waals surface area contributed by atoms with Gasteiger partial charge >= 0.3 is 0 Å². The second-order valence-electron chi connectivity index (χ2n) is 5.02. The average Bonchev–Trinajstić information content (AvgIpc) is 2.30. The van der Waals surface area contributed by atoms with Gasteiger partial charge in [0.2, 0.25) is 0 Å². The summed E-state index contributed by atoms with van der Waals surface area (Å²) in [5.41, 5.74) is 1.08. The van der Waals surface area contributed by atoms with Gasteiger partial charge < -0.3 is 10.4 Å². The van der Waals surface area contributed by atoms with Crippen LogP contribution in [0.2, 0.25) is 10.0 Å². The van der Waals surface area contributed by atoms with Gasteiger partial charge in [0.05, 0.1) is 6.10 Å². The third-order valence-corrected chi connectivity index (χ3v) is 3.96. The van der Waals surface area contributed by atoms with Crippen molar-refractivity contribution < 1.29 is 5.11 Å². The van der Waals surface area contributed by atoms with Gasteiger partial charge in [0, 0.05) is 23.1 Å². The van der Waals surface area contributed by atoms with Crippen molar-refractivity contribution in [1.29, 1.82) is 0 Å². The van der Waals surface area contributed by atoms with Crippen LogP contribution in [0, 0.1) is 5.92 Å². The number of nitrogens with one attached hydrogen (secondary N) is 1. The Labute approximate surface area is 118 Å². The quantitative estimate of drug-likeness (QED) is 0.886. The fraction of sp³-hybridized carbons (Fsp3) is 0.571. The van der Waals surface area contributed by atoms with Crippen molar-refractivity contribution in [3.63, 3.8) is 0 Å². The lowest BCUT2D eigenvalue weighted by atomic mass is 9.86. The molecule has 2 atom stereocenters. The molecule has 1 fully saturated rings. The van der Waals surface area contributed by atoms with Crippen LogP contribution >= 0.6 is 23.2 Å². The van der Waals surface area contributed by atoms with Gasteiger partial charge in [0.15, 0.2) is 0 Å². The van der Waals surface area contributed by atoms with Crippen LogP contribution in [0.3, 0.4) is 0 Å². The van der Waals surface area contributed by atoms with Crippen LogP contribution in [-0.4, -0.2) is 17.8 Å². The fourth-order valence-corrected chi connectivity index (χ4v) is 3.11. The summed E-state index contributed by atoms with van der Waals surface area (Å²) < 4.78 is 0. The molecule has 1 aromatic carbocycles. The van der Waals surface area contributed by atoms with E-state index in [9.17, 15) is 5.11 Å². The standard InChI is InChI=1S/C14H19Cl2NO/c15-12-5-10(6-13(16)7-12)8-17-9-11-3-1-2-4-14(11)18/h5-7,11,14,17-18H,1-4,8-9H2. The van der Waals surface area contributed by atoms with Crippen LogP contribution in [0.25, 0.3) is 0 Å². The summed E-state index contributed by atoms with van der Waals surface area (Å²) >= 11 is 11.9. The third-order valence-electron chi connectivity index (χ3n) is 3.53. The molecule has 0 radical (unpaired) electrons. The molecule has 0 bridgehead atoms. The van der Waals surface area contributed by atoms with Gasteiger partial charge in [0.1, 0.15) is 0 Å². The van der Waals surface area contributed by atoms with Gasteiger partial charge in [-0.05, 0) is 42.5 Å². The molecule has 1 aromatic rings. The zero-order valence-corrected chi connectivity index (χ0v) is 11.8. The largest absolute Gasteiger partial charge is 0.393 e. The predicted molar refractivity (Wildman–Crippen MR) is 76.1 cm³/mol. The Morgan fingerprint density at radius 2 is 1.78 bits per heavy atom. The minimum atomic E-state index is -0.144. The Kier molecular flexibility index (Phi) is 5.31. The Balaban J connectivity index is 1.80. The smallest absolute Gasteiger partial charge is 0.0580 e. The molecule has 0 saturated heterocycles. The molecule has 100 valence electrons. The highest BCUT2D eigenvalue weighted by molar-refractivity contribution is 6.34. The summed E-state index contributed by atoms with van der Waals surface area (Å²) in [6, 6.07) is 5.56. The maximum atomic E-state index is 9.87. The third kappa shape index (κ3) is 4.13. The lowest BCUT2D eigenvalue weighted by Crippen LogP contribution is -2.33. The Bertz CT molecular complexity index is 377. The van der Waals surface area contributed by atoms with E-state index in [-0.39, 0.29) is 6.10 Å². The summed E-state index contributed by atoms with van der Waals surface area (Å²) in [4.78, 5) is 0. The molecule has 1 aliphatic carbocycles. The van der Waals surface area contributed by atoms with Crippen molar-refractivity contribution in [2.45, 2.75) is 38.3 Å². The maximum Gasteiger partial charge on any atom is 0.0580 e. The van der Waals surface area contributed by atoms with Crippen molar-refractivity contribution >= 4 is 23.2 Å². The van der Waals surface area contributed by atoms with Crippen LogP contribution in [0.5, 0.6) is 0 Å². The number of halogens is 2. The lowest BCUT2D eigenvalue weighted by Gasteiger charge is -2.27. The first kappa shape index (κ1) is 14.1. The predicted octanol–water partition coefficient (Wildman–Crippen LogP) is 3.63. The Hall–Kier alpha value is -0.280. The number of aliphatic hydroxyl groups is 1. The number of rotatable bonds is 4. The molecule has 4 heteroatoms. The summed E-state index contributed by atoms with van der Waals surface area (Å²) in [5.74, 6) is 0.383. The van der Waals surface area contributed by atoms with Crippen LogP contribution in [0.15, 0.2) is 18.2 Å². The van der Waals surface area contributed by atoms with Crippen LogP contribution in [-0.2, 0) is 6.54 Å². The highest BCUT2D eigenvalue weighted by Crippen LogP contribution is 2.24. The van der Waals surface area contributed by atoms with E-state index in [2.05, 4.69) is 5.32 Å². The van der Waals surface area contributed by atoms with Gasteiger partial charge in [0.25, 0.3) is 0 Å². The van der Waals surface area contributed by atoms with Gasteiger partial charge in [-0.3, -0.25) is 0 Å².